The topological polar surface area (TPSA) is 104 Å². The normalized spacial score (nSPS) is 22.3. The smallest absolute Gasteiger partial charge is 0.247 e. The summed E-state index contributed by atoms with van der Waals surface area (Å²) < 4.78 is 39.4. The second-order valence-corrected chi connectivity index (χ2v) is 12.2. The number of benzene rings is 2. The van der Waals surface area contributed by atoms with Gasteiger partial charge in [0.1, 0.15) is 17.9 Å². The van der Waals surface area contributed by atoms with Gasteiger partial charge >= 0.3 is 0 Å². The van der Waals surface area contributed by atoms with E-state index in [1.807, 2.05) is 12.1 Å². The minimum atomic E-state index is -0.917. The highest BCUT2D eigenvalue weighted by Crippen LogP contribution is 2.41. The molecule has 0 bridgehead atoms. The molecule has 3 fully saturated rings. The Morgan fingerprint density at radius 2 is 1.79 bits per heavy atom. The van der Waals surface area contributed by atoms with Crippen LogP contribution in [0, 0.1) is 11.6 Å². The van der Waals surface area contributed by atoms with Crippen LogP contribution in [0.5, 0.6) is 5.75 Å². The Kier molecular flexibility index (Phi) is 9.85. The van der Waals surface area contributed by atoms with Gasteiger partial charge in [-0.15, -0.1) is 0 Å². The van der Waals surface area contributed by atoms with E-state index in [4.69, 9.17) is 14.3 Å². The van der Waals surface area contributed by atoms with E-state index >= 15 is 0 Å². The fourth-order valence-corrected chi connectivity index (χ4v) is 6.76. The van der Waals surface area contributed by atoms with Crippen LogP contribution in [0.3, 0.4) is 0 Å². The van der Waals surface area contributed by atoms with E-state index < -0.39 is 11.6 Å². The van der Waals surface area contributed by atoms with E-state index in [9.17, 15) is 13.6 Å². The lowest BCUT2D eigenvalue weighted by Crippen LogP contribution is -2.53. The van der Waals surface area contributed by atoms with Crippen LogP contribution in [0.1, 0.15) is 44.7 Å². The third kappa shape index (κ3) is 7.32. The van der Waals surface area contributed by atoms with Crippen LogP contribution < -0.4 is 25.3 Å². The van der Waals surface area contributed by atoms with Gasteiger partial charge in [-0.05, 0) is 56.5 Å². The van der Waals surface area contributed by atoms with Gasteiger partial charge in [-0.3, -0.25) is 14.5 Å². The Hall–Kier alpha value is -4.33. The molecule has 4 heterocycles. The van der Waals surface area contributed by atoms with Crippen molar-refractivity contribution in [3.8, 4) is 5.75 Å². The third-order valence-electron chi connectivity index (χ3n) is 8.90. The van der Waals surface area contributed by atoms with Gasteiger partial charge in [0.05, 0.1) is 49.0 Å². The Morgan fingerprint density at radius 3 is 2.49 bits per heavy atom. The highest BCUT2D eigenvalue weighted by molar-refractivity contribution is 6.02. The summed E-state index contributed by atoms with van der Waals surface area (Å²) in [6.45, 7) is 11.8. The molecule has 47 heavy (non-hydrogen) atoms. The number of amides is 1. The van der Waals surface area contributed by atoms with Crippen LogP contribution >= 0.6 is 0 Å². The summed E-state index contributed by atoms with van der Waals surface area (Å²) in [5.41, 5.74) is 2.62. The van der Waals surface area contributed by atoms with Crippen molar-refractivity contribution in [3.63, 3.8) is 0 Å². The van der Waals surface area contributed by atoms with E-state index in [-0.39, 0.29) is 24.2 Å². The maximum atomic E-state index is 14.0. The van der Waals surface area contributed by atoms with Crippen molar-refractivity contribution in [2.45, 2.75) is 57.4 Å². The third-order valence-corrected chi connectivity index (χ3v) is 8.90. The number of halogens is 2. The first-order chi connectivity index (χ1) is 22.7. The number of anilines is 5. The fraction of sp³-hybridized carbons (Fsp3) is 0.441. The number of hydroxylamine groups is 1. The predicted molar refractivity (Wildman–Crippen MR) is 176 cm³/mol. The van der Waals surface area contributed by atoms with Crippen molar-refractivity contribution in [1.29, 1.82) is 0 Å². The van der Waals surface area contributed by atoms with E-state index in [1.165, 1.54) is 18.5 Å². The summed E-state index contributed by atoms with van der Waals surface area (Å²) >= 11 is 0. The SMILES string of the molecule is C=CC(=O)Nc1cc(Nc2cc(N3OCCC3c3ccc(F)c(F)c3)ncn2)c(OC)cc1N1CCC(N2C[C@@H](C)O[C@@H](C)C2)CC1. The molecule has 3 aliphatic rings. The molecule has 0 radical (unpaired) electrons. The van der Waals surface area contributed by atoms with Crippen molar-refractivity contribution in [2.75, 3.05) is 60.5 Å². The lowest BCUT2D eigenvalue weighted by Gasteiger charge is -2.44. The fourth-order valence-electron chi connectivity index (χ4n) is 6.76. The number of rotatable bonds is 9. The van der Waals surface area contributed by atoms with Crippen molar-refractivity contribution in [1.82, 2.24) is 14.9 Å². The molecule has 2 aromatic carbocycles. The molecule has 3 atom stereocenters. The zero-order valence-corrected chi connectivity index (χ0v) is 26.9. The van der Waals surface area contributed by atoms with Crippen LogP contribution in [0.25, 0.3) is 0 Å². The maximum Gasteiger partial charge on any atom is 0.247 e. The highest BCUT2D eigenvalue weighted by Gasteiger charge is 2.32. The Morgan fingerprint density at radius 1 is 1.02 bits per heavy atom. The summed E-state index contributed by atoms with van der Waals surface area (Å²) in [6.07, 6.45) is 5.62. The summed E-state index contributed by atoms with van der Waals surface area (Å²) in [5.74, 6) is -0.703. The van der Waals surface area contributed by atoms with Gasteiger partial charge in [0.2, 0.25) is 5.91 Å². The van der Waals surface area contributed by atoms with Gasteiger partial charge in [0.25, 0.3) is 0 Å². The lowest BCUT2D eigenvalue weighted by molar-refractivity contribution is -0.111. The molecular formula is C34H41F2N7O4. The number of nitrogens with zero attached hydrogens (tertiary/aromatic N) is 5. The number of aromatic nitrogens is 2. The molecule has 1 aromatic heterocycles. The van der Waals surface area contributed by atoms with Gasteiger partial charge in [-0.1, -0.05) is 12.6 Å². The molecule has 3 aliphatic heterocycles. The zero-order valence-electron chi connectivity index (χ0n) is 26.9. The zero-order chi connectivity index (χ0) is 33.1. The summed E-state index contributed by atoms with van der Waals surface area (Å²) in [7, 11) is 1.59. The summed E-state index contributed by atoms with van der Waals surface area (Å²) in [6, 6.07) is 9.40. The van der Waals surface area contributed by atoms with E-state index in [0.717, 1.165) is 50.8 Å². The quantitative estimate of drug-likeness (QED) is 0.285. The second kappa shape index (κ2) is 14.2. The minimum Gasteiger partial charge on any atom is -0.494 e. The number of hydrogen-bond acceptors (Lipinski definition) is 10. The van der Waals surface area contributed by atoms with Crippen LogP contribution in [0.2, 0.25) is 0 Å². The standard InChI is InChI=1S/C34H41F2N7O4/c1-5-34(44)40-27-15-28(31(45-4)16-30(27)41-11-8-24(9-12-41)42-18-21(2)47-22(3)19-42)39-32-17-33(38-20-37-32)43-29(10-13-46-43)23-6-7-25(35)26(36)14-23/h5-7,14-17,20-22,24,29H,1,8-13,18-19H2,2-4H3,(H,40,44)(H,37,38,39)/t21-,22+,29?. The molecule has 0 spiro atoms. The van der Waals surface area contributed by atoms with Crippen LogP contribution in [-0.2, 0) is 14.4 Å². The minimum absolute atomic E-state index is 0.219. The first-order valence-corrected chi connectivity index (χ1v) is 16.0. The molecule has 13 heteroatoms. The van der Waals surface area contributed by atoms with Gasteiger partial charge in [0, 0.05) is 50.8 Å². The first-order valence-electron chi connectivity index (χ1n) is 16.0. The maximum absolute atomic E-state index is 14.0. The number of nitrogens with one attached hydrogen (secondary N) is 2. The van der Waals surface area contributed by atoms with Gasteiger partial charge in [-0.25, -0.2) is 23.8 Å². The molecule has 0 aliphatic carbocycles. The molecule has 6 rings (SSSR count). The Bertz CT molecular complexity index is 1590. The van der Waals surface area contributed by atoms with Gasteiger partial charge in [-0.2, -0.15) is 0 Å². The van der Waals surface area contributed by atoms with Crippen molar-refractivity contribution < 1.29 is 27.9 Å². The van der Waals surface area contributed by atoms with Gasteiger partial charge in [0.15, 0.2) is 17.5 Å². The molecular weight excluding hydrogens is 608 g/mol. The monoisotopic (exact) mass is 649 g/mol. The summed E-state index contributed by atoms with van der Waals surface area (Å²) in [5, 5.41) is 7.85. The molecule has 1 amide bonds. The number of carbonyl (C=O) groups is 1. The second-order valence-electron chi connectivity index (χ2n) is 12.2. The van der Waals surface area contributed by atoms with Crippen LogP contribution in [0.4, 0.5) is 37.5 Å². The molecule has 3 saturated heterocycles. The molecule has 2 N–H and O–H groups in total. The molecule has 0 saturated carbocycles. The van der Waals surface area contributed by atoms with Gasteiger partial charge < -0.3 is 25.0 Å². The molecule has 11 nitrogen and oxygen atoms in total. The van der Waals surface area contributed by atoms with Crippen LogP contribution in [0.15, 0.2) is 55.4 Å². The van der Waals surface area contributed by atoms with E-state index in [0.29, 0.717) is 53.4 Å². The molecule has 1 unspecified atom stereocenters. The molecule has 250 valence electrons. The predicted octanol–water partition coefficient (Wildman–Crippen LogP) is 5.59. The average molecular weight is 650 g/mol. The van der Waals surface area contributed by atoms with Crippen molar-refractivity contribution >= 4 is 34.6 Å². The highest BCUT2D eigenvalue weighted by atomic mass is 19.2. The Labute approximate surface area is 273 Å². The number of piperidine rings is 1. The summed E-state index contributed by atoms with van der Waals surface area (Å²) in [4.78, 5) is 32.0. The largest absolute Gasteiger partial charge is 0.494 e. The number of hydrogen-bond donors (Lipinski definition) is 2. The average Bonchev–Trinajstić information content (AvgIpc) is 3.56. The lowest BCUT2D eigenvalue weighted by atomic mass is 10.00. The number of carbonyl (C=O) groups excluding carboxylic acids is 1. The molecule has 3 aromatic rings. The number of ether oxygens (including phenoxy) is 2. The van der Waals surface area contributed by atoms with Crippen molar-refractivity contribution in [3.05, 3.63) is 72.6 Å². The number of methoxy groups -OCH3 is 1. The van der Waals surface area contributed by atoms with Crippen molar-refractivity contribution in [2.24, 2.45) is 0 Å². The number of morpholine rings is 1. The van der Waals surface area contributed by atoms with Crippen LogP contribution in [-0.4, -0.2) is 78.9 Å². The Balaban J connectivity index is 1.22. The first kappa shape index (κ1) is 32.6. The van der Waals surface area contributed by atoms with E-state index in [1.54, 1.807) is 24.3 Å². The van der Waals surface area contributed by atoms with E-state index in [2.05, 4.69) is 50.8 Å².